The van der Waals surface area contributed by atoms with Gasteiger partial charge in [0.15, 0.2) is 0 Å². The van der Waals surface area contributed by atoms with Crippen LogP contribution in [0.1, 0.15) is 32.6 Å². The minimum Gasteiger partial charge on any atom is -0.385 e. The number of nitrogens with one attached hydrogen (secondary N) is 2. The molecule has 0 aromatic rings. The van der Waals surface area contributed by atoms with Crippen molar-refractivity contribution in [2.24, 2.45) is 0 Å². The van der Waals surface area contributed by atoms with Gasteiger partial charge in [0.1, 0.15) is 0 Å². The molecule has 4 unspecified atom stereocenters. The van der Waals surface area contributed by atoms with E-state index in [0.717, 1.165) is 19.3 Å². The van der Waals surface area contributed by atoms with Crippen LogP contribution >= 0.6 is 0 Å². The van der Waals surface area contributed by atoms with Crippen LogP contribution in [-0.4, -0.2) is 50.5 Å². The summed E-state index contributed by atoms with van der Waals surface area (Å²) in [6, 6.07) is 0.198. The second kappa shape index (κ2) is 6.50. The monoisotopic (exact) mass is 256 g/mol. The molecule has 104 valence electrons. The van der Waals surface area contributed by atoms with E-state index in [9.17, 15) is 4.79 Å². The minimum atomic E-state index is -0.152. The summed E-state index contributed by atoms with van der Waals surface area (Å²) in [5, 5.41) is 6.30. The molecule has 2 bridgehead atoms. The number of rotatable bonds is 7. The molecule has 2 N–H and O–H groups in total. The van der Waals surface area contributed by atoms with Gasteiger partial charge < -0.3 is 20.1 Å². The van der Waals surface area contributed by atoms with Crippen molar-refractivity contribution in [1.82, 2.24) is 10.6 Å². The molecule has 0 spiro atoms. The molecule has 2 rings (SSSR count). The highest BCUT2D eigenvalue weighted by Gasteiger charge is 2.41. The van der Waals surface area contributed by atoms with E-state index in [0.29, 0.717) is 31.4 Å². The van der Waals surface area contributed by atoms with Gasteiger partial charge in [-0.3, -0.25) is 4.79 Å². The Morgan fingerprint density at radius 2 is 2.33 bits per heavy atom. The second-order valence-corrected chi connectivity index (χ2v) is 5.24. The van der Waals surface area contributed by atoms with Crippen molar-refractivity contribution in [2.75, 3.05) is 20.3 Å². The summed E-state index contributed by atoms with van der Waals surface area (Å²) in [5.74, 6) is 0.0638. The number of fused-ring (bicyclic) bond motifs is 2. The SMILES string of the molecule is COCCCNC(=O)C(C)NC1CC2CCC1O2. The Labute approximate surface area is 109 Å². The summed E-state index contributed by atoms with van der Waals surface area (Å²) in [5.41, 5.74) is 0. The molecular weight excluding hydrogens is 232 g/mol. The van der Waals surface area contributed by atoms with Crippen LogP contribution < -0.4 is 10.6 Å². The predicted molar refractivity (Wildman–Crippen MR) is 68.4 cm³/mol. The Kier molecular flexibility index (Phi) is 4.97. The number of carbonyl (C=O) groups is 1. The fourth-order valence-electron chi connectivity index (χ4n) is 2.79. The van der Waals surface area contributed by atoms with E-state index >= 15 is 0 Å². The lowest BCUT2D eigenvalue weighted by Crippen LogP contribution is -2.49. The zero-order valence-corrected chi connectivity index (χ0v) is 11.3. The molecule has 0 saturated carbocycles. The first kappa shape index (κ1) is 13.8. The molecule has 0 aliphatic carbocycles. The van der Waals surface area contributed by atoms with Crippen LogP contribution in [0.25, 0.3) is 0 Å². The molecule has 2 saturated heterocycles. The number of hydrogen-bond donors (Lipinski definition) is 2. The standard InChI is InChI=1S/C13H24N2O3/c1-9(13(16)14-6-3-7-17-2)15-11-8-10-4-5-12(11)18-10/h9-12,15H,3-8H2,1-2H3,(H,14,16). The van der Waals surface area contributed by atoms with Crippen LogP contribution in [0.3, 0.4) is 0 Å². The van der Waals surface area contributed by atoms with Gasteiger partial charge in [0.05, 0.1) is 18.2 Å². The van der Waals surface area contributed by atoms with Gasteiger partial charge in [-0.2, -0.15) is 0 Å². The van der Waals surface area contributed by atoms with Crippen LogP contribution in [-0.2, 0) is 14.3 Å². The maximum absolute atomic E-state index is 11.8. The summed E-state index contributed by atoms with van der Waals surface area (Å²) in [6.45, 7) is 3.27. The molecule has 2 aliphatic heterocycles. The zero-order chi connectivity index (χ0) is 13.0. The van der Waals surface area contributed by atoms with E-state index in [1.54, 1.807) is 7.11 Å². The van der Waals surface area contributed by atoms with Crippen molar-refractivity contribution in [3.63, 3.8) is 0 Å². The van der Waals surface area contributed by atoms with Gasteiger partial charge >= 0.3 is 0 Å². The first-order valence-corrected chi connectivity index (χ1v) is 6.89. The van der Waals surface area contributed by atoms with Gasteiger partial charge in [-0.05, 0) is 32.6 Å². The summed E-state index contributed by atoms with van der Waals surface area (Å²) in [4.78, 5) is 11.8. The van der Waals surface area contributed by atoms with Crippen molar-refractivity contribution < 1.29 is 14.3 Å². The number of ether oxygens (including phenoxy) is 2. The minimum absolute atomic E-state index is 0.0638. The van der Waals surface area contributed by atoms with E-state index in [4.69, 9.17) is 9.47 Å². The molecule has 18 heavy (non-hydrogen) atoms. The molecule has 0 radical (unpaired) electrons. The average molecular weight is 256 g/mol. The molecule has 0 aromatic heterocycles. The van der Waals surface area contributed by atoms with Crippen molar-refractivity contribution in [2.45, 2.75) is 56.9 Å². The highest BCUT2D eigenvalue weighted by Crippen LogP contribution is 2.34. The number of amides is 1. The van der Waals surface area contributed by atoms with Crippen molar-refractivity contribution in [3.8, 4) is 0 Å². The molecule has 4 atom stereocenters. The molecule has 1 amide bonds. The van der Waals surface area contributed by atoms with Gasteiger partial charge in [0, 0.05) is 26.3 Å². The third-order valence-corrected chi connectivity index (χ3v) is 3.79. The average Bonchev–Trinajstić information content (AvgIpc) is 2.96. The Hall–Kier alpha value is -0.650. The number of carbonyl (C=O) groups excluding carboxylic acids is 1. The Balaban J connectivity index is 1.64. The lowest BCUT2D eigenvalue weighted by atomic mass is 9.95. The Morgan fingerprint density at radius 3 is 2.94 bits per heavy atom. The highest BCUT2D eigenvalue weighted by atomic mass is 16.5. The first-order valence-electron chi connectivity index (χ1n) is 6.89. The topological polar surface area (TPSA) is 59.6 Å². The fourth-order valence-corrected chi connectivity index (χ4v) is 2.79. The van der Waals surface area contributed by atoms with E-state index in [1.807, 2.05) is 6.92 Å². The van der Waals surface area contributed by atoms with Crippen LogP contribution in [0.5, 0.6) is 0 Å². The number of methoxy groups -OCH3 is 1. The van der Waals surface area contributed by atoms with Crippen LogP contribution in [0.15, 0.2) is 0 Å². The lowest BCUT2D eigenvalue weighted by molar-refractivity contribution is -0.123. The third kappa shape index (κ3) is 3.43. The van der Waals surface area contributed by atoms with Crippen LogP contribution in [0.2, 0.25) is 0 Å². The van der Waals surface area contributed by atoms with E-state index in [-0.39, 0.29) is 11.9 Å². The maximum Gasteiger partial charge on any atom is 0.236 e. The quantitative estimate of drug-likeness (QED) is 0.649. The zero-order valence-electron chi connectivity index (χ0n) is 11.3. The Bertz CT molecular complexity index is 285. The molecule has 5 nitrogen and oxygen atoms in total. The maximum atomic E-state index is 11.8. The van der Waals surface area contributed by atoms with Gasteiger partial charge in [-0.1, -0.05) is 0 Å². The summed E-state index contributed by atoms with van der Waals surface area (Å²) >= 11 is 0. The summed E-state index contributed by atoms with van der Waals surface area (Å²) in [6.07, 6.45) is 4.95. The van der Waals surface area contributed by atoms with Crippen molar-refractivity contribution >= 4 is 5.91 Å². The van der Waals surface area contributed by atoms with Crippen molar-refractivity contribution in [3.05, 3.63) is 0 Å². The summed E-state index contributed by atoms with van der Waals surface area (Å²) in [7, 11) is 1.67. The smallest absolute Gasteiger partial charge is 0.236 e. The third-order valence-electron chi connectivity index (χ3n) is 3.79. The molecule has 2 fully saturated rings. The van der Waals surface area contributed by atoms with E-state index in [2.05, 4.69) is 10.6 Å². The van der Waals surface area contributed by atoms with Crippen LogP contribution in [0.4, 0.5) is 0 Å². The van der Waals surface area contributed by atoms with Crippen molar-refractivity contribution in [1.29, 1.82) is 0 Å². The molecule has 0 aromatic carbocycles. The van der Waals surface area contributed by atoms with Gasteiger partial charge in [-0.15, -0.1) is 0 Å². The molecule has 5 heteroatoms. The molecule has 2 aliphatic rings. The first-order chi connectivity index (χ1) is 8.70. The van der Waals surface area contributed by atoms with E-state index < -0.39 is 0 Å². The second-order valence-electron chi connectivity index (χ2n) is 5.24. The van der Waals surface area contributed by atoms with Gasteiger partial charge in [-0.25, -0.2) is 0 Å². The fraction of sp³-hybridized carbons (Fsp3) is 0.923. The molecular formula is C13H24N2O3. The highest BCUT2D eigenvalue weighted by molar-refractivity contribution is 5.81. The largest absolute Gasteiger partial charge is 0.385 e. The normalized spacial score (nSPS) is 31.6. The lowest BCUT2D eigenvalue weighted by Gasteiger charge is -2.24. The van der Waals surface area contributed by atoms with Crippen LogP contribution in [0, 0.1) is 0 Å². The van der Waals surface area contributed by atoms with Gasteiger partial charge in [0.25, 0.3) is 0 Å². The predicted octanol–water partition coefficient (Wildman–Crippen LogP) is 0.437. The molecule has 2 heterocycles. The summed E-state index contributed by atoms with van der Waals surface area (Å²) < 4.78 is 10.7. The van der Waals surface area contributed by atoms with E-state index in [1.165, 1.54) is 6.42 Å². The number of hydrogen-bond acceptors (Lipinski definition) is 4. The Morgan fingerprint density at radius 1 is 1.50 bits per heavy atom. The van der Waals surface area contributed by atoms with Gasteiger partial charge in [0.2, 0.25) is 5.91 Å².